The van der Waals surface area contributed by atoms with Crippen molar-refractivity contribution in [2.24, 2.45) is 52.3 Å². The van der Waals surface area contributed by atoms with Gasteiger partial charge in [-0.25, -0.2) is 0 Å². The third kappa shape index (κ3) is 7.22. The van der Waals surface area contributed by atoms with Crippen LogP contribution in [0.1, 0.15) is 111 Å². The van der Waals surface area contributed by atoms with Crippen LogP contribution in [-0.4, -0.2) is 51.8 Å². The quantitative estimate of drug-likeness (QED) is 0.180. The van der Waals surface area contributed by atoms with Gasteiger partial charge in [0.05, 0.1) is 5.92 Å². The zero-order valence-electron chi connectivity index (χ0n) is 25.5. The lowest BCUT2D eigenvalue weighted by molar-refractivity contribution is -0.142. The van der Waals surface area contributed by atoms with Gasteiger partial charge in [0, 0.05) is 31.7 Å². The van der Waals surface area contributed by atoms with E-state index in [0.717, 1.165) is 30.1 Å². The van der Waals surface area contributed by atoms with Crippen LogP contribution in [0, 0.1) is 52.3 Å². The Labute approximate surface area is 246 Å². The topological polar surface area (TPSA) is 141 Å². The first-order valence-corrected chi connectivity index (χ1v) is 18.3. The molecule has 4 rings (SSSR count). The van der Waals surface area contributed by atoms with Gasteiger partial charge in [-0.2, -0.15) is 0 Å². The van der Waals surface area contributed by atoms with Crippen LogP contribution in [0.3, 0.4) is 0 Å². The summed E-state index contributed by atoms with van der Waals surface area (Å²) in [6, 6.07) is 0. The molecule has 4 N–H and O–H groups in total. The minimum absolute atomic E-state index is 0.139. The number of nitrogens with one attached hydrogen (secondary N) is 1. The molecule has 1 amide bonds. The highest BCUT2D eigenvalue weighted by Gasteiger charge is 2.60. The van der Waals surface area contributed by atoms with Crippen molar-refractivity contribution in [1.82, 2.24) is 5.32 Å². The Hall–Kier alpha value is -1.40. The summed E-state index contributed by atoms with van der Waals surface area (Å²) in [4.78, 5) is 44.9. The number of fused-ring (bicyclic) bond motifs is 5. The smallest absolute Gasteiger partial charge is 0.307 e. The molecule has 0 radical (unpaired) electrons. The molecule has 9 unspecified atom stereocenters. The van der Waals surface area contributed by atoms with Gasteiger partial charge in [-0.05, 0) is 111 Å². The summed E-state index contributed by atoms with van der Waals surface area (Å²) in [5.74, 6) is 0.776. The number of carboxylic acids is 2. The van der Waals surface area contributed by atoms with Gasteiger partial charge in [0.25, 0.3) is 0 Å². The van der Waals surface area contributed by atoms with E-state index < -0.39 is 31.4 Å². The van der Waals surface area contributed by atoms with Crippen molar-refractivity contribution in [3.05, 3.63) is 0 Å². The number of carbonyl (C=O) groups is 3. The maximum Gasteiger partial charge on any atom is 0.307 e. The summed E-state index contributed by atoms with van der Waals surface area (Å²) in [5.41, 5.74) is 0.940. The van der Waals surface area contributed by atoms with Crippen molar-refractivity contribution in [1.29, 1.82) is 0 Å². The van der Waals surface area contributed by atoms with E-state index >= 15 is 0 Å². The molecule has 8 nitrogen and oxygen atoms in total. The lowest BCUT2D eigenvalue weighted by Crippen LogP contribution is -2.53. The number of amides is 1. The minimum atomic E-state index is -3.87. The van der Waals surface area contributed by atoms with Gasteiger partial charge in [-0.1, -0.05) is 33.6 Å². The number of carboxylic acid groups (broad SMARTS) is 2. The van der Waals surface area contributed by atoms with E-state index in [0.29, 0.717) is 29.2 Å². The van der Waals surface area contributed by atoms with E-state index in [-0.39, 0.29) is 31.3 Å². The second kappa shape index (κ2) is 13.1. The zero-order valence-corrected chi connectivity index (χ0v) is 26.4. The highest BCUT2D eigenvalue weighted by molar-refractivity contribution is 7.58. The summed E-state index contributed by atoms with van der Waals surface area (Å²) in [5, 5.41) is 21.0. The molecular weight excluding hydrogens is 541 g/mol. The first-order chi connectivity index (χ1) is 19.3. The first kappa shape index (κ1) is 32.5. The third-order valence-corrected chi connectivity index (χ3v) is 14.4. The van der Waals surface area contributed by atoms with Gasteiger partial charge in [0.15, 0.2) is 0 Å². The molecule has 234 valence electrons. The Kier molecular flexibility index (Phi) is 10.4. The molecule has 9 heteroatoms. The Bertz CT molecular complexity index is 1020. The van der Waals surface area contributed by atoms with E-state index in [1.54, 1.807) is 0 Å². The van der Waals surface area contributed by atoms with Crippen molar-refractivity contribution >= 4 is 25.2 Å². The number of hydrogen-bond donors (Lipinski definition) is 4. The maximum atomic E-state index is 12.6. The summed E-state index contributed by atoms with van der Waals surface area (Å²) in [6.45, 7) is 8.07. The van der Waals surface area contributed by atoms with Crippen LogP contribution in [0.2, 0.25) is 0 Å². The molecule has 4 fully saturated rings. The normalized spacial score (nSPS) is 37.5. The predicted octanol–water partition coefficient (Wildman–Crippen LogP) is 6.40. The van der Waals surface area contributed by atoms with E-state index in [4.69, 9.17) is 5.11 Å². The molecule has 0 aromatic carbocycles. The minimum Gasteiger partial charge on any atom is -0.481 e. The monoisotopic (exact) mass is 595 g/mol. The molecule has 41 heavy (non-hydrogen) atoms. The molecule has 0 heterocycles. The molecule has 0 aliphatic heterocycles. The maximum absolute atomic E-state index is 12.6. The van der Waals surface area contributed by atoms with E-state index in [9.17, 15) is 28.9 Å². The van der Waals surface area contributed by atoms with Crippen LogP contribution < -0.4 is 5.32 Å². The molecule has 4 aliphatic rings. The van der Waals surface area contributed by atoms with Crippen molar-refractivity contribution in [3.8, 4) is 0 Å². The predicted molar refractivity (Wildman–Crippen MR) is 159 cm³/mol. The van der Waals surface area contributed by atoms with Crippen LogP contribution in [0.15, 0.2) is 0 Å². The Balaban J connectivity index is 1.23. The molecule has 4 saturated carbocycles. The molecular formula is C32H54NO7P. The summed E-state index contributed by atoms with van der Waals surface area (Å²) >= 11 is 0. The highest BCUT2D eigenvalue weighted by Crippen LogP contribution is 2.68. The van der Waals surface area contributed by atoms with Crippen LogP contribution in [-0.2, 0) is 18.9 Å². The molecule has 10 atom stereocenters. The number of aliphatic carboxylic acids is 2. The third-order valence-electron chi connectivity index (χ3n) is 12.5. The van der Waals surface area contributed by atoms with Crippen LogP contribution in [0.4, 0.5) is 0 Å². The van der Waals surface area contributed by atoms with E-state index in [1.165, 1.54) is 64.2 Å². The van der Waals surface area contributed by atoms with E-state index in [1.807, 2.05) is 0 Å². The molecule has 0 saturated heterocycles. The second-order valence-corrected chi connectivity index (χ2v) is 17.2. The summed E-state index contributed by atoms with van der Waals surface area (Å²) in [6.07, 6.45) is 13.2. The second-order valence-electron chi connectivity index (χ2n) is 14.7. The van der Waals surface area contributed by atoms with Crippen molar-refractivity contribution in [3.63, 3.8) is 0 Å². The van der Waals surface area contributed by atoms with E-state index in [2.05, 4.69) is 26.1 Å². The van der Waals surface area contributed by atoms with Gasteiger partial charge >= 0.3 is 11.9 Å². The molecule has 0 spiro atoms. The number of hydrogen-bond acceptors (Lipinski definition) is 4. The largest absolute Gasteiger partial charge is 0.481 e. The fourth-order valence-corrected chi connectivity index (χ4v) is 12.1. The molecule has 0 bridgehead atoms. The van der Waals surface area contributed by atoms with Gasteiger partial charge in [-0.3, -0.25) is 18.9 Å². The molecule has 4 aliphatic carbocycles. The van der Waals surface area contributed by atoms with Gasteiger partial charge < -0.3 is 20.4 Å². The highest BCUT2D eigenvalue weighted by atomic mass is 31.2. The fraction of sp³-hybridized carbons (Fsp3) is 0.906. The summed E-state index contributed by atoms with van der Waals surface area (Å²) < 4.78 is 12.6. The number of carbonyl (C=O) groups excluding carboxylic acids is 1. The lowest BCUT2D eigenvalue weighted by atomic mass is 9.44. The van der Waals surface area contributed by atoms with Crippen LogP contribution in [0.25, 0.3) is 0 Å². The van der Waals surface area contributed by atoms with Crippen LogP contribution in [0.5, 0.6) is 0 Å². The van der Waals surface area contributed by atoms with Crippen LogP contribution >= 0.6 is 7.37 Å². The average Bonchev–Trinajstić information content (AvgIpc) is 3.26. The average molecular weight is 596 g/mol. The Morgan fingerprint density at radius 2 is 1.63 bits per heavy atom. The zero-order chi connectivity index (χ0) is 30.0. The Morgan fingerprint density at radius 1 is 0.902 bits per heavy atom. The number of rotatable bonds is 13. The SMILES string of the molecule is C[C@H](CCNC(=O)CCP(=O)(O)CC(CCC(=O)O)C(=O)O)C1CCC2C3CCC4CCCCC4(C)C3CCC21C. The molecule has 0 aromatic heterocycles. The van der Waals surface area contributed by atoms with Gasteiger partial charge in [0.1, 0.15) is 0 Å². The summed E-state index contributed by atoms with van der Waals surface area (Å²) in [7, 11) is -3.87. The van der Waals surface area contributed by atoms with Crippen molar-refractivity contribution < 1.29 is 34.1 Å². The fourth-order valence-electron chi connectivity index (χ4n) is 10.3. The lowest BCUT2D eigenvalue weighted by Gasteiger charge is -2.61. The Morgan fingerprint density at radius 3 is 2.34 bits per heavy atom. The first-order valence-electron chi connectivity index (χ1n) is 16.3. The standard InChI is InChI=1S/C32H54NO7P/c1-21(14-18-33-28(34)15-19-41(39,40)20-22(30(37)38)7-12-29(35)36)25-10-11-26-24-9-8-23-6-4-5-16-31(23,2)27(24)13-17-32(25,26)3/h21-27H,4-20H2,1-3H3,(H,33,34)(H,35,36)(H,37,38)(H,39,40)/t21-,22?,23?,24?,25?,26?,27?,31?,32?/m1/s1. The molecule has 0 aromatic rings. The van der Waals surface area contributed by atoms with Gasteiger partial charge in [-0.15, -0.1) is 0 Å². The van der Waals surface area contributed by atoms with Crippen molar-refractivity contribution in [2.75, 3.05) is 18.9 Å². The van der Waals surface area contributed by atoms with Crippen molar-refractivity contribution in [2.45, 2.75) is 111 Å². The van der Waals surface area contributed by atoms with Gasteiger partial charge in [0.2, 0.25) is 13.3 Å².